The van der Waals surface area contributed by atoms with Crippen LogP contribution in [0.2, 0.25) is 0 Å². The third-order valence-corrected chi connectivity index (χ3v) is 5.52. The molecule has 7 heteroatoms. The summed E-state index contributed by atoms with van der Waals surface area (Å²) < 4.78 is 8.33. The summed E-state index contributed by atoms with van der Waals surface area (Å²) in [6.45, 7) is 6.55. The van der Waals surface area contributed by atoms with Crippen molar-refractivity contribution in [1.82, 2.24) is 14.8 Å². The summed E-state index contributed by atoms with van der Waals surface area (Å²) in [4.78, 5) is 12.6. The van der Waals surface area contributed by atoms with E-state index in [2.05, 4.69) is 26.1 Å². The van der Waals surface area contributed by atoms with Crippen LogP contribution in [-0.2, 0) is 6.54 Å². The van der Waals surface area contributed by atoms with E-state index >= 15 is 0 Å². The fraction of sp³-hybridized carbons (Fsp3) is 0.278. The average molecular weight is 420 g/mol. The number of thioether (sulfide) groups is 1. The Hall–Kier alpha value is -1.86. The molecule has 130 valence electrons. The van der Waals surface area contributed by atoms with Gasteiger partial charge in [-0.15, -0.1) is 10.2 Å². The van der Waals surface area contributed by atoms with Crippen molar-refractivity contribution in [1.29, 1.82) is 0 Å². The second-order valence-corrected chi connectivity index (χ2v) is 7.80. The first kappa shape index (κ1) is 17.9. The van der Waals surface area contributed by atoms with E-state index < -0.39 is 0 Å². The number of aromatic nitrogens is 3. The predicted octanol–water partition coefficient (Wildman–Crippen LogP) is 4.99. The lowest BCUT2D eigenvalue weighted by molar-refractivity contribution is 0.0994. The highest BCUT2D eigenvalue weighted by Crippen LogP contribution is 2.30. The Balaban J connectivity index is 1.83. The monoisotopic (exact) mass is 419 g/mol. The fourth-order valence-corrected chi connectivity index (χ4v) is 3.79. The third kappa shape index (κ3) is 3.72. The zero-order chi connectivity index (χ0) is 18.0. The minimum Gasteiger partial charge on any atom is -0.469 e. The predicted molar refractivity (Wildman–Crippen MR) is 102 cm³/mol. The molecule has 1 aromatic carbocycles. The number of benzene rings is 1. The third-order valence-electron chi connectivity index (χ3n) is 3.91. The molecule has 1 atom stereocenters. The van der Waals surface area contributed by atoms with E-state index in [9.17, 15) is 4.79 Å². The maximum absolute atomic E-state index is 12.6. The average Bonchev–Trinajstić information content (AvgIpc) is 3.20. The van der Waals surface area contributed by atoms with Crippen LogP contribution in [0.25, 0.3) is 11.4 Å². The molecule has 0 aliphatic heterocycles. The Morgan fingerprint density at radius 1 is 1.28 bits per heavy atom. The highest BCUT2D eigenvalue weighted by molar-refractivity contribution is 9.10. The standard InChI is InChI=1S/C18H18BrN3O2S/c1-4-22-17(15-9-10-24-11(15)2)20-21-18(22)25-12(3)16(23)13-5-7-14(19)8-6-13/h5-10,12H,4H2,1-3H3. The van der Waals surface area contributed by atoms with Gasteiger partial charge in [-0.05, 0) is 39.0 Å². The van der Waals surface area contributed by atoms with Crippen LogP contribution in [0.15, 0.2) is 50.6 Å². The van der Waals surface area contributed by atoms with E-state index in [1.165, 1.54) is 11.8 Å². The molecule has 0 N–H and O–H groups in total. The summed E-state index contributed by atoms with van der Waals surface area (Å²) in [5.41, 5.74) is 1.62. The summed E-state index contributed by atoms with van der Waals surface area (Å²) in [6.07, 6.45) is 1.64. The lowest BCUT2D eigenvalue weighted by Gasteiger charge is -2.11. The van der Waals surface area contributed by atoms with E-state index in [1.807, 2.05) is 55.7 Å². The maximum atomic E-state index is 12.6. The summed E-state index contributed by atoms with van der Waals surface area (Å²) in [6, 6.07) is 9.29. The van der Waals surface area contributed by atoms with Gasteiger partial charge in [0.25, 0.3) is 0 Å². The molecule has 0 radical (unpaired) electrons. The summed E-state index contributed by atoms with van der Waals surface area (Å²) >= 11 is 4.81. The molecular weight excluding hydrogens is 402 g/mol. The molecular formula is C18H18BrN3O2S. The normalized spacial score (nSPS) is 12.3. The number of carbonyl (C=O) groups is 1. The molecule has 0 saturated heterocycles. The number of hydrogen-bond acceptors (Lipinski definition) is 5. The van der Waals surface area contributed by atoms with Gasteiger partial charge in [-0.2, -0.15) is 0 Å². The lowest BCUT2D eigenvalue weighted by Crippen LogP contribution is -2.14. The molecule has 25 heavy (non-hydrogen) atoms. The molecule has 0 bridgehead atoms. The van der Waals surface area contributed by atoms with Gasteiger partial charge in [0.15, 0.2) is 16.8 Å². The van der Waals surface area contributed by atoms with E-state index in [0.29, 0.717) is 12.1 Å². The van der Waals surface area contributed by atoms with E-state index in [0.717, 1.165) is 26.8 Å². The molecule has 0 amide bonds. The SMILES string of the molecule is CCn1c(SC(C)C(=O)c2ccc(Br)cc2)nnc1-c1ccoc1C. The van der Waals surface area contributed by atoms with Crippen LogP contribution in [0.4, 0.5) is 0 Å². The molecule has 3 rings (SSSR count). The Morgan fingerprint density at radius 3 is 2.60 bits per heavy atom. The van der Waals surface area contributed by atoms with Crippen LogP contribution in [0, 0.1) is 6.92 Å². The van der Waals surface area contributed by atoms with Crippen LogP contribution in [0.1, 0.15) is 30.0 Å². The van der Waals surface area contributed by atoms with Crippen molar-refractivity contribution < 1.29 is 9.21 Å². The first-order valence-corrected chi connectivity index (χ1v) is 9.62. The summed E-state index contributed by atoms with van der Waals surface area (Å²) in [5, 5.41) is 9.07. The van der Waals surface area contributed by atoms with Gasteiger partial charge >= 0.3 is 0 Å². The molecule has 0 fully saturated rings. The number of nitrogens with zero attached hydrogens (tertiary/aromatic N) is 3. The smallest absolute Gasteiger partial charge is 0.192 e. The first-order valence-electron chi connectivity index (χ1n) is 7.95. The molecule has 0 aliphatic rings. The van der Waals surface area contributed by atoms with Gasteiger partial charge in [-0.3, -0.25) is 4.79 Å². The number of ketones is 1. The zero-order valence-corrected chi connectivity index (χ0v) is 16.6. The number of hydrogen-bond donors (Lipinski definition) is 0. The largest absolute Gasteiger partial charge is 0.469 e. The van der Waals surface area contributed by atoms with Gasteiger partial charge in [0.2, 0.25) is 0 Å². The molecule has 0 saturated carbocycles. The highest BCUT2D eigenvalue weighted by Gasteiger charge is 2.22. The van der Waals surface area contributed by atoms with Gasteiger partial charge in [0.1, 0.15) is 5.76 Å². The zero-order valence-electron chi connectivity index (χ0n) is 14.2. The fourth-order valence-electron chi connectivity index (χ4n) is 2.54. The number of halogens is 1. The number of furan rings is 1. The quantitative estimate of drug-likeness (QED) is 0.415. The number of carbonyl (C=O) groups excluding carboxylic acids is 1. The van der Waals surface area contributed by atoms with Gasteiger partial charge < -0.3 is 8.98 Å². The van der Waals surface area contributed by atoms with Crippen molar-refractivity contribution >= 4 is 33.5 Å². The summed E-state index contributed by atoms with van der Waals surface area (Å²) in [5.74, 6) is 1.64. The van der Waals surface area contributed by atoms with Crippen molar-refractivity contribution in [3.63, 3.8) is 0 Å². The minimum absolute atomic E-state index is 0.0733. The first-order chi connectivity index (χ1) is 12.0. The van der Waals surface area contributed by atoms with Crippen molar-refractivity contribution in [2.75, 3.05) is 0 Å². The van der Waals surface area contributed by atoms with Crippen molar-refractivity contribution in [2.24, 2.45) is 0 Å². The van der Waals surface area contributed by atoms with Crippen LogP contribution in [0.5, 0.6) is 0 Å². The molecule has 3 aromatic rings. The molecule has 5 nitrogen and oxygen atoms in total. The minimum atomic E-state index is -0.256. The molecule has 0 aliphatic carbocycles. The molecule has 2 aromatic heterocycles. The number of Topliss-reactive ketones (excluding diaryl/α,β-unsaturated/α-hetero) is 1. The maximum Gasteiger partial charge on any atom is 0.192 e. The van der Waals surface area contributed by atoms with E-state index in [1.54, 1.807) is 6.26 Å². The van der Waals surface area contributed by atoms with Crippen LogP contribution in [0.3, 0.4) is 0 Å². The molecule has 0 spiro atoms. The van der Waals surface area contributed by atoms with Crippen molar-refractivity contribution in [2.45, 2.75) is 37.7 Å². The van der Waals surface area contributed by atoms with Gasteiger partial charge in [-0.25, -0.2) is 0 Å². The topological polar surface area (TPSA) is 60.9 Å². The molecule has 2 heterocycles. The highest BCUT2D eigenvalue weighted by atomic mass is 79.9. The number of aryl methyl sites for hydroxylation is 1. The second-order valence-electron chi connectivity index (χ2n) is 5.57. The van der Waals surface area contributed by atoms with Crippen LogP contribution in [-0.4, -0.2) is 25.8 Å². The van der Waals surface area contributed by atoms with Gasteiger partial charge in [-0.1, -0.05) is 39.8 Å². The second kappa shape index (κ2) is 7.58. The Labute approximate surface area is 159 Å². The van der Waals surface area contributed by atoms with Gasteiger partial charge in [0.05, 0.1) is 17.1 Å². The van der Waals surface area contributed by atoms with Crippen LogP contribution >= 0.6 is 27.7 Å². The molecule has 1 unspecified atom stereocenters. The van der Waals surface area contributed by atoms with Crippen molar-refractivity contribution in [3.05, 3.63) is 52.4 Å². The lowest BCUT2D eigenvalue weighted by atomic mass is 10.1. The Morgan fingerprint density at radius 2 is 2.00 bits per heavy atom. The van der Waals surface area contributed by atoms with Crippen molar-refractivity contribution in [3.8, 4) is 11.4 Å². The Kier molecular flexibility index (Phi) is 5.44. The number of rotatable bonds is 6. The van der Waals surface area contributed by atoms with Crippen LogP contribution < -0.4 is 0 Å². The van der Waals surface area contributed by atoms with E-state index in [-0.39, 0.29) is 11.0 Å². The Bertz CT molecular complexity index is 886. The summed E-state index contributed by atoms with van der Waals surface area (Å²) in [7, 11) is 0. The van der Waals surface area contributed by atoms with Gasteiger partial charge in [0, 0.05) is 16.6 Å². The van der Waals surface area contributed by atoms with E-state index in [4.69, 9.17) is 4.42 Å².